The molecule has 0 unspecified atom stereocenters. The van der Waals surface area contributed by atoms with Crippen molar-refractivity contribution < 1.29 is 23.8 Å². The van der Waals surface area contributed by atoms with Gasteiger partial charge in [-0.1, -0.05) is 6.07 Å². The standard InChI is InChI=1S/C16H17FN2O4/c1-22-15-6-5-11(8-18-15)16(21)19-9-13(20)10-23-14-4-2-3-12(17)7-14/h2-8,13,20H,9-10H2,1H3,(H,19,21)/t13-/m1/s1. The zero-order valence-corrected chi connectivity index (χ0v) is 12.5. The van der Waals surface area contributed by atoms with Crippen LogP contribution in [-0.2, 0) is 0 Å². The Morgan fingerprint density at radius 3 is 2.87 bits per heavy atom. The van der Waals surface area contributed by atoms with Gasteiger partial charge in [-0.25, -0.2) is 9.37 Å². The number of rotatable bonds is 7. The first-order chi connectivity index (χ1) is 11.1. The lowest BCUT2D eigenvalue weighted by Crippen LogP contribution is -2.35. The third-order valence-corrected chi connectivity index (χ3v) is 2.94. The molecule has 0 bridgehead atoms. The summed E-state index contributed by atoms with van der Waals surface area (Å²) >= 11 is 0. The van der Waals surface area contributed by atoms with Crippen LogP contribution in [0, 0.1) is 5.82 Å². The van der Waals surface area contributed by atoms with Crippen LogP contribution in [-0.4, -0.2) is 42.4 Å². The Bertz CT molecular complexity index is 649. The largest absolute Gasteiger partial charge is 0.491 e. The van der Waals surface area contributed by atoms with Crippen molar-refractivity contribution in [2.24, 2.45) is 0 Å². The van der Waals surface area contributed by atoms with Gasteiger partial charge in [0.15, 0.2) is 0 Å². The number of amides is 1. The van der Waals surface area contributed by atoms with Crippen LogP contribution in [0.1, 0.15) is 10.4 Å². The monoisotopic (exact) mass is 320 g/mol. The van der Waals surface area contributed by atoms with Crippen LogP contribution in [0.5, 0.6) is 11.6 Å². The summed E-state index contributed by atoms with van der Waals surface area (Å²) in [5.74, 6) is -0.0675. The van der Waals surface area contributed by atoms with Crippen LogP contribution in [0.25, 0.3) is 0 Å². The number of benzene rings is 1. The number of carbonyl (C=O) groups excluding carboxylic acids is 1. The van der Waals surface area contributed by atoms with Gasteiger partial charge in [0.1, 0.15) is 24.3 Å². The molecule has 0 fully saturated rings. The minimum atomic E-state index is -0.923. The van der Waals surface area contributed by atoms with Crippen molar-refractivity contribution in [3.8, 4) is 11.6 Å². The van der Waals surface area contributed by atoms with Crippen LogP contribution < -0.4 is 14.8 Å². The van der Waals surface area contributed by atoms with E-state index in [2.05, 4.69) is 10.3 Å². The lowest BCUT2D eigenvalue weighted by Gasteiger charge is -2.13. The number of hydrogen-bond donors (Lipinski definition) is 2. The first-order valence-corrected chi connectivity index (χ1v) is 6.93. The Kier molecular flexibility index (Phi) is 5.87. The number of ether oxygens (including phenoxy) is 2. The van der Waals surface area contributed by atoms with Crippen molar-refractivity contribution >= 4 is 5.91 Å². The number of nitrogens with zero attached hydrogens (tertiary/aromatic N) is 1. The molecule has 2 aromatic rings. The van der Waals surface area contributed by atoms with E-state index in [1.54, 1.807) is 18.2 Å². The molecule has 0 saturated heterocycles. The summed E-state index contributed by atoms with van der Waals surface area (Å²) in [6.07, 6.45) is 0.456. The number of nitrogens with one attached hydrogen (secondary N) is 1. The number of halogens is 1. The molecule has 0 aliphatic carbocycles. The molecular weight excluding hydrogens is 303 g/mol. The van der Waals surface area contributed by atoms with Crippen molar-refractivity contribution in [2.45, 2.75) is 6.10 Å². The molecule has 1 atom stereocenters. The van der Waals surface area contributed by atoms with Crippen molar-refractivity contribution in [2.75, 3.05) is 20.3 Å². The van der Waals surface area contributed by atoms with Gasteiger partial charge in [-0.2, -0.15) is 0 Å². The van der Waals surface area contributed by atoms with E-state index in [9.17, 15) is 14.3 Å². The number of hydrogen-bond acceptors (Lipinski definition) is 5. The summed E-state index contributed by atoms with van der Waals surface area (Å²) in [6, 6.07) is 8.74. The number of pyridine rings is 1. The topological polar surface area (TPSA) is 80.7 Å². The molecule has 1 heterocycles. The highest BCUT2D eigenvalue weighted by Crippen LogP contribution is 2.12. The van der Waals surface area contributed by atoms with E-state index in [1.807, 2.05) is 0 Å². The van der Waals surface area contributed by atoms with Crippen LogP contribution in [0.2, 0.25) is 0 Å². The van der Waals surface area contributed by atoms with Gasteiger partial charge in [-0.05, 0) is 18.2 Å². The summed E-state index contributed by atoms with van der Waals surface area (Å²) in [4.78, 5) is 15.8. The number of aliphatic hydroxyl groups excluding tert-OH is 1. The van der Waals surface area contributed by atoms with E-state index in [-0.39, 0.29) is 19.1 Å². The molecule has 7 heteroatoms. The van der Waals surface area contributed by atoms with E-state index >= 15 is 0 Å². The third kappa shape index (κ3) is 5.23. The smallest absolute Gasteiger partial charge is 0.252 e. The Hall–Kier alpha value is -2.67. The molecule has 0 radical (unpaired) electrons. The summed E-state index contributed by atoms with van der Waals surface area (Å²) in [5, 5.41) is 12.3. The molecule has 0 aliphatic rings. The Balaban J connectivity index is 1.76. The van der Waals surface area contributed by atoms with Crippen molar-refractivity contribution in [1.29, 1.82) is 0 Å². The average molecular weight is 320 g/mol. The van der Waals surface area contributed by atoms with E-state index < -0.39 is 11.9 Å². The molecular formula is C16H17FN2O4. The Morgan fingerprint density at radius 1 is 1.39 bits per heavy atom. The summed E-state index contributed by atoms with van der Waals surface area (Å²) < 4.78 is 23.1. The lowest BCUT2D eigenvalue weighted by atomic mass is 10.2. The molecule has 0 spiro atoms. The molecule has 122 valence electrons. The van der Waals surface area contributed by atoms with Crippen molar-refractivity contribution in [1.82, 2.24) is 10.3 Å². The van der Waals surface area contributed by atoms with Gasteiger partial charge in [0, 0.05) is 24.9 Å². The fourth-order valence-electron chi connectivity index (χ4n) is 1.76. The highest BCUT2D eigenvalue weighted by Gasteiger charge is 2.10. The number of aliphatic hydroxyl groups is 1. The fourth-order valence-corrected chi connectivity index (χ4v) is 1.76. The fraction of sp³-hybridized carbons (Fsp3) is 0.250. The first-order valence-electron chi connectivity index (χ1n) is 6.93. The quantitative estimate of drug-likeness (QED) is 0.806. The van der Waals surface area contributed by atoms with E-state index in [4.69, 9.17) is 9.47 Å². The van der Waals surface area contributed by atoms with Gasteiger partial charge in [0.05, 0.1) is 12.7 Å². The van der Waals surface area contributed by atoms with Gasteiger partial charge in [-0.3, -0.25) is 4.79 Å². The lowest BCUT2D eigenvalue weighted by molar-refractivity contribution is 0.0843. The van der Waals surface area contributed by atoms with Crippen molar-refractivity contribution in [3.63, 3.8) is 0 Å². The van der Waals surface area contributed by atoms with E-state index in [0.29, 0.717) is 17.2 Å². The van der Waals surface area contributed by atoms with E-state index in [0.717, 1.165) is 0 Å². The molecule has 0 saturated carbocycles. The predicted octanol–water partition coefficient (Wildman–Crippen LogP) is 1.40. The maximum Gasteiger partial charge on any atom is 0.252 e. The van der Waals surface area contributed by atoms with Crippen LogP contribution in [0.15, 0.2) is 42.6 Å². The zero-order chi connectivity index (χ0) is 16.7. The number of carbonyl (C=O) groups is 1. The molecule has 2 rings (SSSR count). The molecule has 2 N–H and O–H groups in total. The minimum absolute atomic E-state index is 0.000177. The normalized spacial score (nSPS) is 11.6. The average Bonchev–Trinajstić information content (AvgIpc) is 2.58. The second-order valence-electron chi connectivity index (χ2n) is 4.72. The van der Waals surface area contributed by atoms with Crippen molar-refractivity contribution in [3.05, 3.63) is 54.0 Å². The van der Waals surface area contributed by atoms with Crippen LogP contribution in [0.4, 0.5) is 4.39 Å². The predicted molar refractivity (Wildman–Crippen MR) is 81.0 cm³/mol. The summed E-state index contributed by atoms with van der Waals surface area (Å²) in [5.41, 5.74) is 0.351. The minimum Gasteiger partial charge on any atom is -0.491 e. The highest BCUT2D eigenvalue weighted by molar-refractivity contribution is 5.93. The van der Waals surface area contributed by atoms with Gasteiger partial charge < -0.3 is 19.9 Å². The molecule has 0 aliphatic heterocycles. The van der Waals surface area contributed by atoms with Gasteiger partial charge in [0.2, 0.25) is 5.88 Å². The maximum atomic E-state index is 13.0. The Morgan fingerprint density at radius 2 is 2.22 bits per heavy atom. The second kappa shape index (κ2) is 8.09. The third-order valence-electron chi connectivity index (χ3n) is 2.94. The molecule has 1 aromatic heterocycles. The van der Waals surface area contributed by atoms with Gasteiger partial charge in [-0.15, -0.1) is 0 Å². The number of methoxy groups -OCH3 is 1. The second-order valence-corrected chi connectivity index (χ2v) is 4.72. The van der Waals surface area contributed by atoms with E-state index in [1.165, 1.54) is 31.5 Å². The summed E-state index contributed by atoms with van der Waals surface area (Å²) in [7, 11) is 1.48. The Labute approximate surface area is 132 Å². The zero-order valence-electron chi connectivity index (χ0n) is 12.5. The summed E-state index contributed by atoms with van der Waals surface area (Å²) in [6.45, 7) is -0.0647. The molecule has 1 aromatic carbocycles. The van der Waals surface area contributed by atoms with Gasteiger partial charge >= 0.3 is 0 Å². The van der Waals surface area contributed by atoms with Crippen LogP contribution >= 0.6 is 0 Å². The molecule has 6 nitrogen and oxygen atoms in total. The highest BCUT2D eigenvalue weighted by atomic mass is 19.1. The SMILES string of the molecule is COc1ccc(C(=O)NC[C@@H](O)COc2cccc(F)c2)cn1. The molecule has 23 heavy (non-hydrogen) atoms. The molecule has 1 amide bonds. The first kappa shape index (κ1) is 16.7. The van der Waals surface area contributed by atoms with Crippen LogP contribution in [0.3, 0.4) is 0 Å². The maximum absolute atomic E-state index is 13.0. The van der Waals surface area contributed by atoms with Gasteiger partial charge in [0.25, 0.3) is 5.91 Å². The number of aromatic nitrogens is 1.